The van der Waals surface area contributed by atoms with Gasteiger partial charge in [-0.1, -0.05) is 55.1 Å². The molecule has 6 nitrogen and oxygen atoms in total. The monoisotopic (exact) mass is 566 g/mol. The molecule has 5 rings (SSSR count). The Kier molecular flexibility index (Phi) is 7.77. The minimum absolute atomic E-state index is 0.170. The summed E-state index contributed by atoms with van der Waals surface area (Å²) < 4.78 is 35.2. The highest BCUT2D eigenvalue weighted by Crippen LogP contribution is 2.45. The molecule has 2 aliphatic rings. The number of halogens is 1. The summed E-state index contributed by atoms with van der Waals surface area (Å²) in [4.78, 5) is 14.8. The highest BCUT2D eigenvalue weighted by Gasteiger charge is 2.41. The number of benzene rings is 3. The molecule has 3 aromatic rings. The summed E-state index contributed by atoms with van der Waals surface area (Å²) in [5.74, 6) is -0.159. The lowest BCUT2D eigenvalue weighted by Gasteiger charge is -2.36. The SMILES string of the molecule is COC(=O)c1ccc(C)c(-c2cc3c(cc2Cl)N(c2ccccc2)C[C@@H](C2CCCCC2)N(C)S3(=O)=O)c1C. The molecule has 0 N–H and O–H groups in total. The molecular formula is C31H35ClN2O4S. The van der Waals surface area contributed by atoms with Crippen LogP contribution in [-0.4, -0.2) is 45.4 Å². The molecule has 0 spiro atoms. The smallest absolute Gasteiger partial charge is 0.338 e. The van der Waals surface area contributed by atoms with Crippen LogP contribution in [0.25, 0.3) is 11.1 Å². The van der Waals surface area contributed by atoms with Crippen molar-refractivity contribution in [2.24, 2.45) is 5.92 Å². The van der Waals surface area contributed by atoms with Crippen molar-refractivity contribution in [3.05, 3.63) is 76.3 Å². The van der Waals surface area contributed by atoms with Crippen molar-refractivity contribution >= 4 is 39.0 Å². The molecule has 1 atom stereocenters. The van der Waals surface area contributed by atoms with Gasteiger partial charge >= 0.3 is 5.97 Å². The average molecular weight is 567 g/mol. The minimum Gasteiger partial charge on any atom is -0.465 e. The Balaban J connectivity index is 1.74. The fourth-order valence-corrected chi connectivity index (χ4v) is 8.15. The van der Waals surface area contributed by atoms with Crippen molar-refractivity contribution in [1.82, 2.24) is 4.31 Å². The average Bonchev–Trinajstić information content (AvgIpc) is 3.02. The Labute approximate surface area is 236 Å². The van der Waals surface area contributed by atoms with E-state index in [1.807, 2.05) is 50.2 Å². The van der Waals surface area contributed by atoms with E-state index in [-0.39, 0.29) is 16.9 Å². The molecule has 1 heterocycles. The van der Waals surface area contributed by atoms with E-state index in [4.69, 9.17) is 16.3 Å². The Hall–Kier alpha value is -2.87. The Morgan fingerprint density at radius 3 is 2.36 bits per heavy atom. The number of likely N-dealkylation sites (N-methyl/N-ethyl adjacent to an activating group) is 1. The van der Waals surface area contributed by atoms with Crippen LogP contribution < -0.4 is 4.90 Å². The second-order valence-electron chi connectivity index (χ2n) is 10.7. The molecule has 0 bridgehead atoms. The van der Waals surface area contributed by atoms with E-state index < -0.39 is 16.0 Å². The van der Waals surface area contributed by atoms with Crippen molar-refractivity contribution in [1.29, 1.82) is 0 Å². The molecule has 0 unspecified atom stereocenters. The highest BCUT2D eigenvalue weighted by atomic mass is 35.5. The predicted molar refractivity (Wildman–Crippen MR) is 156 cm³/mol. The van der Waals surface area contributed by atoms with E-state index in [9.17, 15) is 13.2 Å². The second kappa shape index (κ2) is 11.0. The van der Waals surface area contributed by atoms with E-state index in [2.05, 4.69) is 4.90 Å². The lowest BCUT2D eigenvalue weighted by Crippen LogP contribution is -2.46. The first-order valence-electron chi connectivity index (χ1n) is 13.5. The first kappa shape index (κ1) is 27.7. The molecule has 1 aliphatic carbocycles. The third kappa shape index (κ3) is 4.96. The molecule has 0 saturated heterocycles. The topological polar surface area (TPSA) is 66.9 Å². The number of rotatable bonds is 4. The maximum atomic E-state index is 14.3. The second-order valence-corrected chi connectivity index (χ2v) is 13.0. The van der Waals surface area contributed by atoms with Crippen LogP contribution in [0.2, 0.25) is 5.02 Å². The van der Waals surface area contributed by atoms with Gasteiger partial charge in [0.25, 0.3) is 0 Å². The number of methoxy groups -OCH3 is 1. The van der Waals surface area contributed by atoms with Gasteiger partial charge in [-0.25, -0.2) is 13.2 Å². The van der Waals surface area contributed by atoms with Crippen LogP contribution in [0.3, 0.4) is 0 Å². The van der Waals surface area contributed by atoms with E-state index in [0.29, 0.717) is 33.9 Å². The zero-order valence-electron chi connectivity index (χ0n) is 22.9. The predicted octanol–water partition coefficient (Wildman–Crippen LogP) is 7.13. The number of hydrogen-bond donors (Lipinski definition) is 0. The molecule has 8 heteroatoms. The zero-order valence-corrected chi connectivity index (χ0v) is 24.5. The van der Waals surface area contributed by atoms with Gasteiger partial charge in [0.1, 0.15) is 4.90 Å². The van der Waals surface area contributed by atoms with E-state index in [1.54, 1.807) is 29.6 Å². The van der Waals surface area contributed by atoms with Crippen LogP contribution >= 0.6 is 11.6 Å². The number of esters is 1. The molecule has 206 valence electrons. The minimum atomic E-state index is -3.86. The van der Waals surface area contributed by atoms with Crippen LogP contribution in [0.1, 0.15) is 53.6 Å². The summed E-state index contributed by atoms with van der Waals surface area (Å²) in [5, 5.41) is 0.428. The van der Waals surface area contributed by atoms with Gasteiger partial charge in [-0.15, -0.1) is 0 Å². The van der Waals surface area contributed by atoms with Crippen LogP contribution in [0.5, 0.6) is 0 Å². The van der Waals surface area contributed by atoms with Crippen molar-refractivity contribution < 1.29 is 17.9 Å². The fraction of sp³-hybridized carbons (Fsp3) is 0.387. The normalized spacial score (nSPS) is 19.8. The summed E-state index contributed by atoms with van der Waals surface area (Å²) in [7, 11) is -0.794. The number of fused-ring (bicyclic) bond motifs is 1. The number of nitrogens with zero attached hydrogens (tertiary/aromatic N) is 2. The van der Waals surface area contributed by atoms with Crippen LogP contribution in [-0.2, 0) is 14.8 Å². The standard InChI is InChI=1S/C31H35ClN2O4S/c1-20-15-16-24(31(35)38-4)21(2)30(20)25-17-29-27(18-26(25)32)34(23-13-9-6-10-14-23)19-28(33(3)39(29,36)37)22-11-7-5-8-12-22/h6,9-10,13-18,22,28H,5,7-8,11-12,19H2,1-4H3/t28-/m0/s1. The van der Waals surface area contributed by atoms with E-state index in [0.717, 1.165) is 42.5 Å². The number of aryl methyl sites for hydroxylation is 1. The molecule has 0 amide bonds. The fourth-order valence-electron chi connectivity index (χ4n) is 6.30. The van der Waals surface area contributed by atoms with E-state index in [1.165, 1.54) is 13.5 Å². The third-order valence-electron chi connectivity index (χ3n) is 8.44. The largest absolute Gasteiger partial charge is 0.465 e. The third-order valence-corrected chi connectivity index (χ3v) is 10.7. The van der Waals surface area contributed by atoms with Gasteiger partial charge in [0.05, 0.1) is 23.4 Å². The number of sulfonamides is 1. The van der Waals surface area contributed by atoms with Gasteiger partial charge in [0.2, 0.25) is 10.0 Å². The maximum Gasteiger partial charge on any atom is 0.338 e. The summed E-state index contributed by atoms with van der Waals surface area (Å²) in [6.45, 7) is 4.32. The molecule has 3 aromatic carbocycles. The molecule has 39 heavy (non-hydrogen) atoms. The maximum absolute atomic E-state index is 14.3. The molecule has 1 aliphatic heterocycles. The van der Waals surface area contributed by atoms with E-state index >= 15 is 0 Å². The lowest BCUT2D eigenvalue weighted by molar-refractivity contribution is 0.0600. The van der Waals surface area contributed by atoms with Crippen molar-refractivity contribution in [3.8, 4) is 11.1 Å². The lowest BCUT2D eigenvalue weighted by atomic mass is 9.83. The Bertz CT molecular complexity index is 1500. The first-order chi connectivity index (χ1) is 18.6. The summed E-state index contributed by atoms with van der Waals surface area (Å²) >= 11 is 6.97. The van der Waals surface area contributed by atoms with Crippen molar-refractivity contribution in [2.75, 3.05) is 25.6 Å². The molecular weight excluding hydrogens is 532 g/mol. The number of hydrogen-bond acceptors (Lipinski definition) is 5. The number of anilines is 2. The van der Waals surface area contributed by atoms with Crippen LogP contribution in [0.4, 0.5) is 11.4 Å². The van der Waals surface area contributed by atoms with Gasteiger partial charge in [-0.2, -0.15) is 4.31 Å². The van der Waals surface area contributed by atoms with Crippen molar-refractivity contribution in [2.45, 2.75) is 56.9 Å². The van der Waals surface area contributed by atoms with Crippen LogP contribution in [0, 0.1) is 19.8 Å². The highest BCUT2D eigenvalue weighted by molar-refractivity contribution is 7.89. The van der Waals surface area contributed by atoms with Gasteiger partial charge in [0, 0.05) is 30.9 Å². The van der Waals surface area contributed by atoms with Gasteiger partial charge in [-0.3, -0.25) is 0 Å². The molecule has 0 radical (unpaired) electrons. The molecule has 1 saturated carbocycles. The Morgan fingerprint density at radius 1 is 1.00 bits per heavy atom. The quantitative estimate of drug-likeness (QED) is 0.314. The number of para-hydroxylation sites is 1. The van der Waals surface area contributed by atoms with Gasteiger partial charge in [-0.05, 0) is 79.6 Å². The number of carbonyl (C=O) groups is 1. The summed E-state index contributed by atoms with van der Waals surface area (Å²) in [6.07, 6.45) is 5.49. The number of ether oxygens (including phenoxy) is 1. The summed E-state index contributed by atoms with van der Waals surface area (Å²) in [5.41, 5.74) is 4.82. The number of carbonyl (C=O) groups excluding carboxylic acids is 1. The van der Waals surface area contributed by atoms with Crippen molar-refractivity contribution in [3.63, 3.8) is 0 Å². The summed E-state index contributed by atoms with van der Waals surface area (Å²) in [6, 6.07) is 16.8. The Morgan fingerprint density at radius 2 is 1.69 bits per heavy atom. The van der Waals surface area contributed by atoms with Gasteiger partial charge < -0.3 is 9.64 Å². The zero-order chi connectivity index (χ0) is 27.9. The first-order valence-corrected chi connectivity index (χ1v) is 15.3. The molecule has 0 aromatic heterocycles. The van der Waals surface area contributed by atoms with Gasteiger partial charge in [0.15, 0.2) is 0 Å². The van der Waals surface area contributed by atoms with Crippen LogP contribution in [0.15, 0.2) is 59.5 Å². The molecule has 1 fully saturated rings.